The van der Waals surface area contributed by atoms with Gasteiger partial charge in [0.25, 0.3) is 5.91 Å². The van der Waals surface area contributed by atoms with Gasteiger partial charge in [0.2, 0.25) is 15.9 Å². The van der Waals surface area contributed by atoms with Gasteiger partial charge in [-0.05, 0) is 56.4 Å². The molecule has 1 aromatic rings. The van der Waals surface area contributed by atoms with Crippen LogP contribution >= 0.6 is 0 Å². The van der Waals surface area contributed by atoms with Gasteiger partial charge in [0.1, 0.15) is 6.04 Å². The predicted molar refractivity (Wildman–Crippen MR) is 92.3 cm³/mol. The average Bonchev–Trinajstić information content (AvgIpc) is 3.16. The van der Waals surface area contributed by atoms with Gasteiger partial charge in [0.05, 0.1) is 4.90 Å². The molecule has 0 spiro atoms. The summed E-state index contributed by atoms with van der Waals surface area (Å²) in [6, 6.07) is 5.36. The molecule has 2 amide bonds. The van der Waals surface area contributed by atoms with Crippen molar-refractivity contribution >= 4 is 21.8 Å². The molecule has 0 aromatic heterocycles. The number of carbonyl (C=O) groups is 2. The highest BCUT2D eigenvalue weighted by Crippen LogP contribution is 2.23. The molecule has 0 aliphatic carbocycles. The summed E-state index contributed by atoms with van der Waals surface area (Å²) < 4.78 is 26.5. The van der Waals surface area contributed by atoms with E-state index in [1.165, 1.54) is 33.5 Å². The van der Waals surface area contributed by atoms with Crippen molar-refractivity contribution in [1.82, 2.24) is 9.21 Å². The third-order valence-corrected chi connectivity index (χ3v) is 6.81. The lowest BCUT2D eigenvalue weighted by molar-refractivity contribution is -0.123. The van der Waals surface area contributed by atoms with Gasteiger partial charge in [-0.2, -0.15) is 4.31 Å². The van der Waals surface area contributed by atoms with Crippen LogP contribution in [0.25, 0.3) is 0 Å². The Morgan fingerprint density at radius 1 is 0.960 bits per heavy atom. The number of sulfonamides is 1. The number of nitrogens with two attached hydrogens (primary N) is 1. The summed E-state index contributed by atoms with van der Waals surface area (Å²) in [5, 5.41) is 0. The lowest BCUT2D eigenvalue weighted by atomic mass is 10.0. The van der Waals surface area contributed by atoms with E-state index >= 15 is 0 Å². The van der Waals surface area contributed by atoms with Crippen molar-refractivity contribution in [3.8, 4) is 0 Å². The lowest BCUT2D eigenvalue weighted by Crippen LogP contribution is -2.50. The van der Waals surface area contributed by atoms with Crippen LogP contribution in [0.15, 0.2) is 29.2 Å². The Morgan fingerprint density at radius 3 is 2.16 bits per heavy atom. The second-order valence-corrected chi connectivity index (χ2v) is 8.49. The third kappa shape index (κ3) is 3.55. The fraction of sp³-hybridized carbons (Fsp3) is 0.529. The average molecular weight is 365 g/mol. The first kappa shape index (κ1) is 17.9. The molecule has 2 heterocycles. The summed E-state index contributed by atoms with van der Waals surface area (Å²) in [5.74, 6) is -0.782. The quantitative estimate of drug-likeness (QED) is 0.858. The van der Waals surface area contributed by atoms with E-state index in [1.807, 2.05) is 0 Å². The van der Waals surface area contributed by atoms with Crippen LogP contribution in [0.2, 0.25) is 0 Å². The smallest absolute Gasteiger partial charge is 0.254 e. The zero-order valence-corrected chi connectivity index (χ0v) is 14.9. The van der Waals surface area contributed by atoms with Gasteiger partial charge in [-0.3, -0.25) is 9.59 Å². The van der Waals surface area contributed by atoms with E-state index in [0.29, 0.717) is 31.6 Å². The Kier molecular flexibility index (Phi) is 5.10. The molecule has 0 unspecified atom stereocenters. The molecular weight excluding hydrogens is 342 g/mol. The third-order valence-electron chi connectivity index (χ3n) is 4.90. The van der Waals surface area contributed by atoms with Crippen molar-refractivity contribution < 1.29 is 18.0 Å². The highest BCUT2D eigenvalue weighted by Gasteiger charge is 2.32. The summed E-state index contributed by atoms with van der Waals surface area (Å²) in [7, 11) is -3.50. The van der Waals surface area contributed by atoms with Crippen molar-refractivity contribution in [2.45, 2.75) is 43.0 Å². The Hall–Kier alpha value is -1.93. The molecule has 25 heavy (non-hydrogen) atoms. The molecule has 7 nitrogen and oxygen atoms in total. The van der Waals surface area contributed by atoms with Crippen molar-refractivity contribution in [3.05, 3.63) is 29.8 Å². The minimum Gasteiger partial charge on any atom is -0.368 e. The van der Waals surface area contributed by atoms with Crippen molar-refractivity contribution in [2.75, 3.05) is 19.6 Å². The number of hydrogen-bond acceptors (Lipinski definition) is 4. The second-order valence-electron chi connectivity index (χ2n) is 6.55. The highest BCUT2D eigenvalue weighted by molar-refractivity contribution is 7.89. The zero-order valence-electron chi connectivity index (χ0n) is 14.1. The zero-order chi connectivity index (χ0) is 18.0. The normalized spacial score (nSPS) is 22.1. The van der Waals surface area contributed by atoms with E-state index in [9.17, 15) is 18.0 Å². The van der Waals surface area contributed by atoms with Crippen LogP contribution < -0.4 is 5.73 Å². The molecular formula is C17H23N3O4S. The van der Waals surface area contributed by atoms with Crippen LogP contribution in [0.4, 0.5) is 0 Å². The van der Waals surface area contributed by atoms with Gasteiger partial charge in [0.15, 0.2) is 0 Å². The largest absolute Gasteiger partial charge is 0.368 e. The fourth-order valence-electron chi connectivity index (χ4n) is 3.48. The van der Waals surface area contributed by atoms with Crippen molar-refractivity contribution in [1.29, 1.82) is 0 Å². The molecule has 2 aliphatic rings. The fourth-order valence-corrected chi connectivity index (χ4v) is 5.00. The van der Waals surface area contributed by atoms with E-state index in [2.05, 4.69) is 0 Å². The van der Waals surface area contributed by atoms with Crippen LogP contribution in [0.3, 0.4) is 0 Å². The van der Waals surface area contributed by atoms with E-state index < -0.39 is 22.0 Å². The number of primary amides is 1. The monoisotopic (exact) mass is 365 g/mol. The molecule has 1 atom stereocenters. The summed E-state index contributed by atoms with van der Waals surface area (Å²) in [6.45, 7) is 1.56. The number of carbonyl (C=O) groups excluding carboxylic acids is 2. The number of rotatable bonds is 4. The standard InChI is InChI=1S/C17H23N3O4S/c18-16(21)15-5-1-2-12-20(15)17(22)13-6-8-14(9-7-13)25(23,24)19-10-3-4-11-19/h6-9,15H,1-5,10-12H2,(H2,18,21)/t15-/m0/s1. The Bertz CT molecular complexity index is 755. The number of amides is 2. The van der Waals surface area contributed by atoms with Crippen LogP contribution in [-0.2, 0) is 14.8 Å². The number of piperidine rings is 1. The minimum atomic E-state index is -3.50. The Balaban J connectivity index is 1.79. The minimum absolute atomic E-state index is 0.191. The molecule has 2 fully saturated rings. The van der Waals surface area contributed by atoms with Gasteiger partial charge in [-0.25, -0.2) is 8.42 Å². The van der Waals surface area contributed by atoms with Crippen LogP contribution in [0, 0.1) is 0 Å². The molecule has 1 aromatic carbocycles. The first-order valence-corrected chi connectivity index (χ1v) is 10.1. The van der Waals surface area contributed by atoms with Gasteiger partial charge >= 0.3 is 0 Å². The molecule has 2 N–H and O–H groups in total. The molecule has 2 saturated heterocycles. The summed E-state index contributed by atoms with van der Waals surface area (Å²) in [4.78, 5) is 26.0. The summed E-state index contributed by atoms with van der Waals surface area (Å²) in [6.07, 6.45) is 4.02. The summed E-state index contributed by atoms with van der Waals surface area (Å²) >= 11 is 0. The first-order valence-electron chi connectivity index (χ1n) is 8.62. The number of benzene rings is 1. The molecule has 8 heteroatoms. The summed E-state index contributed by atoms with van der Waals surface area (Å²) in [5.41, 5.74) is 5.78. The van der Waals surface area contributed by atoms with Crippen LogP contribution in [0.5, 0.6) is 0 Å². The molecule has 3 rings (SSSR count). The molecule has 0 radical (unpaired) electrons. The van der Waals surface area contributed by atoms with Crippen LogP contribution in [-0.4, -0.2) is 55.1 Å². The highest BCUT2D eigenvalue weighted by atomic mass is 32.2. The van der Waals surface area contributed by atoms with E-state index in [-0.39, 0.29) is 10.8 Å². The predicted octanol–water partition coefficient (Wildman–Crippen LogP) is 0.951. The Morgan fingerprint density at radius 2 is 1.56 bits per heavy atom. The lowest BCUT2D eigenvalue weighted by Gasteiger charge is -2.33. The van der Waals surface area contributed by atoms with Gasteiger partial charge in [0, 0.05) is 25.2 Å². The number of likely N-dealkylation sites (tertiary alicyclic amines) is 1. The maximum Gasteiger partial charge on any atom is 0.254 e. The first-order chi connectivity index (χ1) is 11.9. The second kappa shape index (κ2) is 7.13. The molecule has 136 valence electrons. The van der Waals surface area contributed by atoms with E-state index in [4.69, 9.17) is 5.73 Å². The maximum atomic E-state index is 12.7. The molecule has 0 saturated carbocycles. The van der Waals surface area contributed by atoms with E-state index in [1.54, 1.807) is 0 Å². The van der Waals surface area contributed by atoms with Gasteiger partial charge in [-0.15, -0.1) is 0 Å². The maximum absolute atomic E-state index is 12.7. The SMILES string of the molecule is NC(=O)[C@@H]1CCCCN1C(=O)c1ccc(S(=O)(=O)N2CCCC2)cc1. The topological polar surface area (TPSA) is 101 Å². The number of hydrogen-bond donors (Lipinski definition) is 1. The van der Waals surface area contributed by atoms with Crippen molar-refractivity contribution in [2.24, 2.45) is 5.73 Å². The molecule has 2 aliphatic heterocycles. The van der Waals surface area contributed by atoms with Crippen molar-refractivity contribution in [3.63, 3.8) is 0 Å². The van der Waals surface area contributed by atoms with Crippen LogP contribution in [0.1, 0.15) is 42.5 Å². The number of nitrogens with zero attached hydrogens (tertiary/aromatic N) is 2. The van der Waals surface area contributed by atoms with Gasteiger partial charge < -0.3 is 10.6 Å². The van der Waals surface area contributed by atoms with E-state index in [0.717, 1.165) is 25.7 Å². The van der Waals surface area contributed by atoms with Gasteiger partial charge in [-0.1, -0.05) is 0 Å². The molecule has 0 bridgehead atoms. The Labute approximate surface area is 147 Å².